The molecule has 1 saturated heterocycles. The number of hydrazine groups is 1. The molecule has 2 unspecified atom stereocenters. The normalized spacial score (nSPS) is 19.9. The summed E-state index contributed by atoms with van der Waals surface area (Å²) in [7, 11) is 1.62. The van der Waals surface area contributed by atoms with E-state index in [-0.39, 0.29) is 18.0 Å². The molecule has 0 spiro atoms. The number of carbonyl (C=O) groups excluding carboxylic acids is 1. The van der Waals surface area contributed by atoms with Crippen LogP contribution in [0.15, 0.2) is 58.1 Å². The first-order chi connectivity index (χ1) is 12.2. The topological polar surface area (TPSA) is 74.8 Å². The molecule has 1 fully saturated rings. The predicted molar refractivity (Wildman–Crippen MR) is 100 cm³/mol. The van der Waals surface area contributed by atoms with Crippen molar-refractivity contribution in [2.24, 2.45) is 5.10 Å². The molecule has 0 aliphatic carbocycles. The molecule has 2 aromatic carbocycles. The summed E-state index contributed by atoms with van der Waals surface area (Å²) in [5.74, 6) is 0.604. The lowest BCUT2D eigenvalue weighted by atomic mass is 10.0. The van der Waals surface area contributed by atoms with Crippen LogP contribution in [0.2, 0.25) is 0 Å². The van der Waals surface area contributed by atoms with Gasteiger partial charge >= 0.3 is 0 Å². The number of amides is 1. The van der Waals surface area contributed by atoms with E-state index in [4.69, 9.17) is 4.74 Å². The summed E-state index contributed by atoms with van der Waals surface area (Å²) in [5.41, 5.74) is 10.8. The van der Waals surface area contributed by atoms with Crippen molar-refractivity contribution in [1.29, 1.82) is 0 Å². The number of hydrogen-bond donors (Lipinski definition) is 3. The Kier molecular flexibility index (Phi) is 5.80. The van der Waals surface area contributed by atoms with Gasteiger partial charge in [0.2, 0.25) is 0 Å². The van der Waals surface area contributed by atoms with Gasteiger partial charge < -0.3 is 4.74 Å². The van der Waals surface area contributed by atoms with E-state index in [1.807, 2.05) is 48.5 Å². The van der Waals surface area contributed by atoms with E-state index in [1.165, 1.54) is 0 Å². The Morgan fingerprint density at radius 3 is 2.72 bits per heavy atom. The van der Waals surface area contributed by atoms with Crippen LogP contribution in [0, 0.1) is 0 Å². The highest BCUT2D eigenvalue weighted by Gasteiger charge is 2.30. The largest absolute Gasteiger partial charge is 0.497 e. The van der Waals surface area contributed by atoms with Crippen LogP contribution in [0.25, 0.3) is 0 Å². The van der Waals surface area contributed by atoms with Crippen LogP contribution in [0.4, 0.5) is 0 Å². The minimum atomic E-state index is -0.342. The number of benzene rings is 2. The molecule has 1 heterocycles. The number of rotatable bonds is 5. The summed E-state index contributed by atoms with van der Waals surface area (Å²) in [6.45, 7) is 0. The molecule has 0 aromatic heterocycles. The summed E-state index contributed by atoms with van der Waals surface area (Å²) < 4.78 is 6.12. The number of halogens is 1. The number of methoxy groups -OCH3 is 1. The minimum Gasteiger partial charge on any atom is -0.497 e. The highest BCUT2D eigenvalue weighted by molar-refractivity contribution is 9.10. The van der Waals surface area contributed by atoms with E-state index in [9.17, 15) is 4.79 Å². The molecule has 2 aromatic rings. The fourth-order valence-corrected chi connectivity index (χ4v) is 3.19. The molecule has 3 rings (SSSR count). The van der Waals surface area contributed by atoms with E-state index >= 15 is 0 Å². The van der Waals surface area contributed by atoms with E-state index < -0.39 is 0 Å². The second-order valence-corrected chi connectivity index (χ2v) is 6.51. The van der Waals surface area contributed by atoms with Gasteiger partial charge in [0.05, 0.1) is 13.3 Å². The monoisotopic (exact) mass is 402 g/mol. The molecule has 25 heavy (non-hydrogen) atoms. The number of nitrogens with zero attached hydrogens (tertiary/aromatic N) is 1. The van der Waals surface area contributed by atoms with Gasteiger partial charge in [-0.3, -0.25) is 4.79 Å². The molecule has 0 radical (unpaired) electrons. The lowest BCUT2D eigenvalue weighted by Gasteiger charge is -2.11. The van der Waals surface area contributed by atoms with Crippen LogP contribution in [0.3, 0.4) is 0 Å². The average Bonchev–Trinajstić information content (AvgIpc) is 3.12. The van der Waals surface area contributed by atoms with Crippen LogP contribution < -0.4 is 21.0 Å². The maximum absolute atomic E-state index is 12.2. The van der Waals surface area contributed by atoms with Crippen molar-refractivity contribution in [2.75, 3.05) is 7.11 Å². The maximum Gasteiger partial charge on any atom is 0.258 e. The Morgan fingerprint density at radius 1 is 1.24 bits per heavy atom. The standard InChI is InChI=1S/C18H19BrN4O2/c1-25-13-8-6-12(7-9-13)11-20-23-18(24)17-10-16(21-22-17)14-4-2-3-5-15(14)19/h2-9,11,16-17,21-22H,10H2,1H3,(H,23,24)/b20-11+. The van der Waals surface area contributed by atoms with Crippen molar-refractivity contribution in [3.05, 3.63) is 64.1 Å². The van der Waals surface area contributed by atoms with Crippen molar-refractivity contribution in [3.8, 4) is 5.75 Å². The fourth-order valence-electron chi connectivity index (χ4n) is 2.63. The minimum absolute atomic E-state index is 0.0666. The smallest absolute Gasteiger partial charge is 0.258 e. The molecule has 2 atom stereocenters. The Balaban J connectivity index is 1.53. The van der Waals surface area contributed by atoms with Crippen LogP contribution >= 0.6 is 15.9 Å². The third-order valence-corrected chi connectivity index (χ3v) is 4.73. The third kappa shape index (κ3) is 4.45. The van der Waals surface area contributed by atoms with E-state index in [1.54, 1.807) is 13.3 Å². The molecular weight excluding hydrogens is 384 g/mol. The summed E-state index contributed by atoms with van der Waals surface area (Å²) in [5, 5.41) is 4.01. The Morgan fingerprint density at radius 2 is 2.00 bits per heavy atom. The summed E-state index contributed by atoms with van der Waals surface area (Å²) >= 11 is 3.54. The van der Waals surface area contributed by atoms with Crippen LogP contribution in [0.5, 0.6) is 5.75 Å². The molecule has 130 valence electrons. The summed E-state index contributed by atoms with van der Waals surface area (Å²) in [6, 6.07) is 15.1. The zero-order valence-corrected chi connectivity index (χ0v) is 15.3. The van der Waals surface area contributed by atoms with Gasteiger partial charge in [-0.1, -0.05) is 34.1 Å². The zero-order chi connectivity index (χ0) is 17.6. The van der Waals surface area contributed by atoms with Crippen molar-refractivity contribution in [1.82, 2.24) is 16.3 Å². The lowest BCUT2D eigenvalue weighted by Crippen LogP contribution is -2.41. The first-order valence-corrected chi connectivity index (χ1v) is 8.69. The molecule has 7 heteroatoms. The fraction of sp³-hybridized carbons (Fsp3) is 0.222. The van der Waals surface area contributed by atoms with Gasteiger partial charge in [0, 0.05) is 10.5 Å². The summed E-state index contributed by atoms with van der Waals surface area (Å²) in [6.07, 6.45) is 2.25. The summed E-state index contributed by atoms with van der Waals surface area (Å²) in [4.78, 5) is 12.2. The Hall–Kier alpha value is -2.22. The molecular formula is C18H19BrN4O2. The first-order valence-electron chi connectivity index (χ1n) is 7.90. The van der Waals surface area contributed by atoms with Gasteiger partial charge in [-0.15, -0.1) is 0 Å². The van der Waals surface area contributed by atoms with Gasteiger partial charge in [-0.25, -0.2) is 16.3 Å². The van der Waals surface area contributed by atoms with Gasteiger partial charge in [0.15, 0.2) is 0 Å². The predicted octanol–water partition coefficient (Wildman–Crippen LogP) is 2.52. The number of hydrogen-bond acceptors (Lipinski definition) is 5. The number of nitrogens with one attached hydrogen (secondary N) is 3. The number of ether oxygens (including phenoxy) is 1. The maximum atomic E-state index is 12.2. The quantitative estimate of drug-likeness (QED) is 0.530. The lowest BCUT2D eigenvalue weighted by molar-refractivity contribution is -0.122. The average molecular weight is 403 g/mol. The van der Waals surface area contributed by atoms with Gasteiger partial charge in [-0.2, -0.15) is 5.10 Å². The number of hydrazone groups is 1. The zero-order valence-electron chi connectivity index (χ0n) is 13.7. The van der Waals surface area contributed by atoms with Crippen molar-refractivity contribution >= 4 is 28.1 Å². The number of carbonyl (C=O) groups is 1. The molecule has 0 bridgehead atoms. The van der Waals surface area contributed by atoms with Gasteiger partial charge in [0.1, 0.15) is 11.8 Å². The van der Waals surface area contributed by atoms with Gasteiger partial charge in [0.25, 0.3) is 5.91 Å². The highest BCUT2D eigenvalue weighted by atomic mass is 79.9. The Labute approximate surface area is 154 Å². The molecule has 1 aliphatic rings. The van der Waals surface area contributed by atoms with Crippen molar-refractivity contribution in [2.45, 2.75) is 18.5 Å². The Bertz CT molecular complexity index is 764. The molecule has 1 amide bonds. The SMILES string of the molecule is COc1ccc(/C=N/NC(=O)C2CC(c3ccccc3Br)NN2)cc1. The molecule has 0 saturated carbocycles. The second-order valence-electron chi connectivity index (χ2n) is 5.66. The second kappa shape index (κ2) is 8.24. The first kappa shape index (κ1) is 17.6. The van der Waals surface area contributed by atoms with Crippen LogP contribution in [-0.2, 0) is 4.79 Å². The highest BCUT2D eigenvalue weighted by Crippen LogP contribution is 2.28. The van der Waals surface area contributed by atoms with Gasteiger partial charge in [-0.05, 0) is 47.9 Å². The van der Waals surface area contributed by atoms with E-state index in [0.29, 0.717) is 6.42 Å². The van der Waals surface area contributed by atoms with Crippen LogP contribution in [-0.4, -0.2) is 25.3 Å². The van der Waals surface area contributed by atoms with Crippen molar-refractivity contribution in [3.63, 3.8) is 0 Å². The van der Waals surface area contributed by atoms with E-state index in [0.717, 1.165) is 21.3 Å². The molecule has 6 nitrogen and oxygen atoms in total. The molecule has 3 N–H and O–H groups in total. The molecule has 1 aliphatic heterocycles. The third-order valence-electron chi connectivity index (χ3n) is 4.00. The van der Waals surface area contributed by atoms with Crippen molar-refractivity contribution < 1.29 is 9.53 Å². The van der Waals surface area contributed by atoms with Crippen LogP contribution in [0.1, 0.15) is 23.6 Å². The van der Waals surface area contributed by atoms with E-state index in [2.05, 4.69) is 37.3 Å².